The van der Waals surface area contributed by atoms with E-state index in [9.17, 15) is 9.59 Å². The Morgan fingerprint density at radius 2 is 1.60 bits per heavy atom. The van der Waals surface area contributed by atoms with Crippen LogP contribution in [-0.2, 0) is 0 Å². The molecule has 0 heterocycles. The number of aryl methyl sites for hydroxylation is 1. The van der Waals surface area contributed by atoms with Crippen molar-refractivity contribution in [2.75, 3.05) is 7.11 Å². The first-order valence-corrected chi connectivity index (χ1v) is 6.05. The van der Waals surface area contributed by atoms with Crippen LogP contribution in [-0.4, -0.2) is 24.0 Å². The van der Waals surface area contributed by atoms with Crippen molar-refractivity contribution < 1.29 is 19.4 Å². The lowest BCUT2D eigenvalue weighted by Crippen LogP contribution is -2.07. The summed E-state index contributed by atoms with van der Waals surface area (Å²) in [7, 11) is 1.45. The number of aromatic carboxylic acids is 1. The van der Waals surface area contributed by atoms with Gasteiger partial charge in [0.15, 0.2) is 5.78 Å². The summed E-state index contributed by atoms with van der Waals surface area (Å²) in [5, 5.41) is 9.01. The van der Waals surface area contributed by atoms with E-state index in [-0.39, 0.29) is 16.9 Å². The minimum atomic E-state index is -1.08. The molecule has 4 nitrogen and oxygen atoms in total. The van der Waals surface area contributed by atoms with Crippen molar-refractivity contribution in [2.45, 2.75) is 6.92 Å². The zero-order valence-corrected chi connectivity index (χ0v) is 11.2. The largest absolute Gasteiger partial charge is 0.496 e. The predicted octanol–water partition coefficient (Wildman–Crippen LogP) is 2.93. The van der Waals surface area contributed by atoms with E-state index in [2.05, 4.69) is 0 Å². The Hall–Kier alpha value is -2.62. The van der Waals surface area contributed by atoms with Gasteiger partial charge in [-0.15, -0.1) is 0 Å². The van der Waals surface area contributed by atoms with Gasteiger partial charge in [0.05, 0.1) is 18.2 Å². The molecule has 2 aromatic carbocycles. The monoisotopic (exact) mass is 270 g/mol. The minimum absolute atomic E-state index is 0.0567. The number of rotatable bonds is 4. The molecule has 0 atom stereocenters. The number of hydrogen-bond donors (Lipinski definition) is 1. The maximum absolute atomic E-state index is 12.4. The standard InChI is InChI=1S/C16H14O4/c1-10-3-5-11(6-4-10)15(17)13-9-12(16(18)19)7-8-14(13)20-2/h3-9H,1-2H3,(H,18,19). The number of methoxy groups -OCH3 is 1. The van der Waals surface area contributed by atoms with Crippen LogP contribution >= 0.6 is 0 Å². The van der Waals surface area contributed by atoms with Crippen LogP contribution in [0.2, 0.25) is 0 Å². The molecule has 0 radical (unpaired) electrons. The van der Waals surface area contributed by atoms with Crippen LogP contribution in [0.1, 0.15) is 31.8 Å². The number of carboxylic acid groups (broad SMARTS) is 1. The third-order valence-electron chi connectivity index (χ3n) is 3.00. The van der Waals surface area contributed by atoms with Gasteiger partial charge in [-0.3, -0.25) is 4.79 Å². The Morgan fingerprint density at radius 1 is 1.00 bits per heavy atom. The number of benzene rings is 2. The molecule has 0 unspecified atom stereocenters. The van der Waals surface area contributed by atoms with E-state index in [4.69, 9.17) is 9.84 Å². The molecule has 2 aromatic rings. The summed E-state index contributed by atoms with van der Waals surface area (Å²) in [6.45, 7) is 1.93. The number of carboxylic acids is 1. The van der Waals surface area contributed by atoms with Crippen LogP contribution in [0, 0.1) is 6.92 Å². The molecule has 0 aliphatic rings. The van der Waals surface area contributed by atoms with E-state index >= 15 is 0 Å². The summed E-state index contributed by atoms with van der Waals surface area (Å²) in [6, 6.07) is 11.3. The molecule has 0 aliphatic heterocycles. The molecule has 2 rings (SSSR count). The van der Waals surface area contributed by atoms with Crippen molar-refractivity contribution in [1.29, 1.82) is 0 Å². The fourth-order valence-corrected chi connectivity index (χ4v) is 1.88. The average Bonchev–Trinajstić information content (AvgIpc) is 2.46. The fraction of sp³-hybridized carbons (Fsp3) is 0.125. The number of ketones is 1. The quantitative estimate of drug-likeness (QED) is 0.867. The van der Waals surface area contributed by atoms with Crippen LogP contribution in [0.15, 0.2) is 42.5 Å². The van der Waals surface area contributed by atoms with E-state index in [1.54, 1.807) is 12.1 Å². The predicted molar refractivity (Wildman–Crippen MR) is 74.6 cm³/mol. The smallest absolute Gasteiger partial charge is 0.335 e. The molecule has 0 amide bonds. The summed E-state index contributed by atoms with van der Waals surface area (Å²) < 4.78 is 5.13. The Labute approximate surface area is 116 Å². The third kappa shape index (κ3) is 2.69. The molecular formula is C16H14O4. The van der Waals surface area contributed by atoms with Crippen LogP contribution in [0.4, 0.5) is 0 Å². The third-order valence-corrected chi connectivity index (χ3v) is 3.00. The van der Waals surface area contributed by atoms with Gasteiger partial charge in [-0.2, -0.15) is 0 Å². The lowest BCUT2D eigenvalue weighted by atomic mass is 9.99. The lowest BCUT2D eigenvalue weighted by molar-refractivity contribution is 0.0697. The van der Waals surface area contributed by atoms with E-state index in [0.29, 0.717) is 11.3 Å². The lowest BCUT2D eigenvalue weighted by Gasteiger charge is -2.09. The Balaban J connectivity index is 2.49. The normalized spacial score (nSPS) is 10.1. The molecule has 0 spiro atoms. The summed E-state index contributed by atoms with van der Waals surface area (Å²) >= 11 is 0. The van der Waals surface area contributed by atoms with Crippen LogP contribution in [0.5, 0.6) is 5.75 Å². The van der Waals surface area contributed by atoms with E-state index in [0.717, 1.165) is 5.56 Å². The molecule has 0 bridgehead atoms. The Kier molecular flexibility index (Phi) is 3.84. The van der Waals surface area contributed by atoms with Gasteiger partial charge >= 0.3 is 5.97 Å². The van der Waals surface area contributed by atoms with Gasteiger partial charge in [-0.25, -0.2) is 4.79 Å². The Morgan fingerprint density at radius 3 is 2.15 bits per heavy atom. The van der Waals surface area contributed by atoms with Crippen molar-refractivity contribution in [3.05, 3.63) is 64.7 Å². The summed E-state index contributed by atoms with van der Waals surface area (Å²) in [5.41, 5.74) is 1.85. The molecule has 0 fully saturated rings. The second-order valence-electron chi connectivity index (χ2n) is 4.42. The van der Waals surface area contributed by atoms with Crippen molar-refractivity contribution in [3.8, 4) is 5.75 Å². The summed E-state index contributed by atoms with van der Waals surface area (Å²) in [4.78, 5) is 23.4. The second-order valence-corrected chi connectivity index (χ2v) is 4.42. The zero-order valence-electron chi connectivity index (χ0n) is 11.2. The van der Waals surface area contributed by atoms with Gasteiger partial charge in [-0.1, -0.05) is 29.8 Å². The van der Waals surface area contributed by atoms with Gasteiger partial charge in [0.2, 0.25) is 0 Å². The van der Waals surface area contributed by atoms with Gasteiger partial charge < -0.3 is 9.84 Å². The van der Waals surface area contributed by atoms with Gasteiger partial charge in [0.1, 0.15) is 5.75 Å². The van der Waals surface area contributed by atoms with Crippen molar-refractivity contribution >= 4 is 11.8 Å². The molecule has 102 valence electrons. The van der Waals surface area contributed by atoms with Crippen LogP contribution in [0.25, 0.3) is 0 Å². The zero-order chi connectivity index (χ0) is 14.7. The van der Waals surface area contributed by atoms with E-state index in [1.165, 1.54) is 25.3 Å². The van der Waals surface area contributed by atoms with E-state index in [1.807, 2.05) is 19.1 Å². The van der Waals surface area contributed by atoms with Gasteiger partial charge in [0.25, 0.3) is 0 Å². The highest BCUT2D eigenvalue weighted by Gasteiger charge is 2.17. The first-order chi connectivity index (χ1) is 9.52. The fourth-order valence-electron chi connectivity index (χ4n) is 1.88. The molecular weight excluding hydrogens is 256 g/mol. The molecule has 0 saturated heterocycles. The molecule has 4 heteroatoms. The number of hydrogen-bond acceptors (Lipinski definition) is 3. The number of carbonyl (C=O) groups is 2. The summed E-state index contributed by atoms with van der Waals surface area (Å²) in [6.07, 6.45) is 0. The first-order valence-electron chi connectivity index (χ1n) is 6.05. The molecule has 20 heavy (non-hydrogen) atoms. The highest BCUT2D eigenvalue weighted by Crippen LogP contribution is 2.23. The average molecular weight is 270 g/mol. The Bertz CT molecular complexity index is 657. The highest BCUT2D eigenvalue weighted by molar-refractivity contribution is 6.11. The SMILES string of the molecule is COc1ccc(C(=O)O)cc1C(=O)c1ccc(C)cc1. The summed E-state index contributed by atoms with van der Waals surface area (Å²) in [5.74, 6) is -0.976. The molecule has 0 aromatic heterocycles. The van der Waals surface area contributed by atoms with Crippen molar-refractivity contribution in [3.63, 3.8) is 0 Å². The maximum atomic E-state index is 12.4. The van der Waals surface area contributed by atoms with Crippen LogP contribution in [0.3, 0.4) is 0 Å². The van der Waals surface area contributed by atoms with Gasteiger partial charge in [0, 0.05) is 5.56 Å². The minimum Gasteiger partial charge on any atom is -0.496 e. The first kappa shape index (κ1) is 13.8. The van der Waals surface area contributed by atoms with Crippen LogP contribution < -0.4 is 4.74 Å². The highest BCUT2D eigenvalue weighted by atomic mass is 16.5. The molecule has 0 saturated carbocycles. The van der Waals surface area contributed by atoms with Gasteiger partial charge in [-0.05, 0) is 25.1 Å². The maximum Gasteiger partial charge on any atom is 0.335 e. The number of carbonyl (C=O) groups excluding carboxylic acids is 1. The van der Waals surface area contributed by atoms with E-state index < -0.39 is 5.97 Å². The van der Waals surface area contributed by atoms with Crippen molar-refractivity contribution in [2.24, 2.45) is 0 Å². The second kappa shape index (κ2) is 5.57. The molecule has 1 N–H and O–H groups in total. The topological polar surface area (TPSA) is 63.6 Å². The molecule has 0 aliphatic carbocycles. The van der Waals surface area contributed by atoms with Crippen molar-refractivity contribution in [1.82, 2.24) is 0 Å². The number of ether oxygens (including phenoxy) is 1.